The maximum absolute atomic E-state index is 6.41. The zero-order chi connectivity index (χ0) is 30.9. The van der Waals surface area contributed by atoms with Gasteiger partial charge in [-0.2, -0.15) is 9.97 Å². The van der Waals surface area contributed by atoms with Gasteiger partial charge >= 0.3 is 0 Å². The lowest BCUT2D eigenvalue weighted by molar-refractivity contribution is 0.639. The molecule has 0 aliphatic carbocycles. The molecule has 0 bridgehead atoms. The molecule has 0 spiro atoms. The Hall–Kier alpha value is -6.67. The van der Waals surface area contributed by atoms with Crippen LogP contribution >= 0.6 is 0 Å². The highest BCUT2D eigenvalue weighted by atomic mass is 16.3. The highest BCUT2D eigenvalue weighted by Gasteiger charge is 2.22. The second-order valence-electron chi connectivity index (χ2n) is 11.4. The highest BCUT2D eigenvalue weighted by molar-refractivity contribution is 6.19. The van der Waals surface area contributed by atoms with Crippen molar-refractivity contribution in [1.29, 1.82) is 0 Å². The van der Waals surface area contributed by atoms with Gasteiger partial charge in [-0.25, -0.2) is 9.55 Å². The Labute approximate surface area is 267 Å². The monoisotopic (exact) mass is 605 g/mol. The lowest BCUT2D eigenvalue weighted by Crippen LogP contribution is -2.06. The molecule has 0 aliphatic heterocycles. The van der Waals surface area contributed by atoms with Crippen LogP contribution in [0.15, 0.2) is 144 Å². The second kappa shape index (κ2) is 9.92. The van der Waals surface area contributed by atoms with Crippen LogP contribution in [-0.2, 0) is 0 Å². The summed E-state index contributed by atoms with van der Waals surface area (Å²) in [5.74, 6) is 1.56. The van der Waals surface area contributed by atoms with E-state index in [4.69, 9.17) is 19.4 Å². The van der Waals surface area contributed by atoms with E-state index in [1.165, 1.54) is 10.8 Å². The van der Waals surface area contributed by atoms with Gasteiger partial charge in [0.2, 0.25) is 11.7 Å². The van der Waals surface area contributed by atoms with Crippen LogP contribution < -0.4 is 0 Å². The highest BCUT2D eigenvalue weighted by Crippen LogP contribution is 2.38. The Morgan fingerprint density at radius 2 is 1.09 bits per heavy atom. The van der Waals surface area contributed by atoms with Gasteiger partial charge in [-0.1, -0.05) is 66.7 Å². The zero-order valence-corrected chi connectivity index (χ0v) is 24.8. The Bertz CT molecular complexity index is 2740. The summed E-state index contributed by atoms with van der Waals surface area (Å²) in [5, 5.41) is 5.39. The molecule has 0 N–H and O–H groups in total. The number of para-hydroxylation sites is 2. The molecule has 0 unspecified atom stereocenters. The van der Waals surface area contributed by atoms with E-state index < -0.39 is 0 Å². The fourth-order valence-electron chi connectivity index (χ4n) is 6.71. The van der Waals surface area contributed by atoms with E-state index in [9.17, 15) is 0 Å². The van der Waals surface area contributed by atoms with Crippen molar-refractivity contribution in [2.24, 2.45) is 0 Å². The Balaban J connectivity index is 1.19. The number of aromatic nitrogens is 7. The molecule has 4 aromatic carbocycles. The van der Waals surface area contributed by atoms with Gasteiger partial charge < -0.3 is 8.98 Å². The van der Waals surface area contributed by atoms with Gasteiger partial charge in [0.15, 0.2) is 17.2 Å². The average molecular weight is 606 g/mol. The van der Waals surface area contributed by atoms with Gasteiger partial charge in [0.25, 0.3) is 0 Å². The smallest absolute Gasteiger partial charge is 0.241 e. The van der Waals surface area contributed by atoms with E-state index in [0.29, 0.717) is 28.9 Å². The Morgan fingerprint density at radius 3 is 1.81 bits per heavy atom. The van der Waals surface area contributed by atoms with Crippen LogP contribution in [-0.4, -0.2) is 34.1 Å². The molecule has 0 atom stereocenters. The van der Waals surface area contributed by atoms with Crippen molar-refractivity contribution >= 4 is 54.8 Å². The lowest BCUT2D eigenvalue weighted by Gasteiger charge is -2.11. The molecule has 0 radical (unpaired) electrons. The molecule has 10 aromatic rings. The number of pyridine rings is 2. The molecule has 0 saturated carbocycles. The first kappa shape index (κ1) is 25.6. The van der Waals surface area contributed by atoms with Crippen LogP contribution in [0.1, 0.15) is 0 Å². The first-order valence-corrected chi connectivity index (χ1v) is 15.3. The molecular weight excluding hydrogens is 582 g/mol. The minimum absolute atomic E-state index is 0.445. The predicted octanol–water partition coefficient (Wildman–Crippen LogP) is 8.94. The van der Waals surface area contributed by atoms with Crippen LogP contribution in [0.5, 0.6) is 0 Å². The van der Waals surface area contributed by atoms with Crippen molar-refractivity contribution in [3.05, 3.63) is 140 Å². The average Bonchev–Trinajstić information content (AvgIpc) is 3.79. The van der Waals surface area contributed by atoms with Gasteiger partial charge in [-0.05, 0) is 48.5 Å². The zero-order valence-electron chi connectivity index (χ0n) is 24.8. The summed E-state index contributed by atoms with van der Waals surface area (Å²) in [6, 6.07) is 39.4. The summed E-state index contributed by atoms with van der Waals surface area (Å²) in [6.45, 7) is 0. The fourth-order valence-corrected chi connectivity index (χ4v) is 6.71. The quantitative estimate of drug-likeness (QED) is 0.199. The molecule has 0 amide bonds. The molecule has 8 nitrogen and oxygen atoms in total. The summed E-state index contributed by atoms with van der Waals surface area (Å²) in [4.78, 5) is 23.8. The van der Waals surface area contributed by atoms with Crippen molar-refractivity contribution in [3.8, 4) is 34.4 Å². The van der Waals surface area contributed by atoms with Crippen molar-refractivity contribution in [2.45, 2.75) is 0 Å². The minimum atomic E-state index is 0.445. The molecule has 220 valence electrons. The summed E-state index contributed by atoms with van der Waals surface area (Å²) >= 11 is 0. The van der Waals surface area contributed by atoms with Crippen LogP contribution in [0, 0.1) is 0 Å². The lowest BCUT2D eigenvalue weighted by atomic mass is 10.1. The van der Waals surface area contributed by atoms with Gasteiger partial charge in [-0.3, -0.25) is 9.97 Å². The topological polar surface area (TPSA) is 87.5 Å². The molecule has 8 heteroatoms. The van der Waals surface area contributed by atoms with Crippen molar-refractivity contribution in [2.75, 3.05) is 0 Å². The third kappa shape index (κ3) is 3.85. The molecule has 6 heterocycles. The van der Waals surface area contributed by atoms with Gasteiger partial charge in [0, 0.05) is 50.8 Å². The van der Waals surface area contributed by atoms with E-state index in [0.717, 1.165) is 49.5 Å². The number of nitrogens with zero attached hydrogens (tertiary/aromatic N) is 7. The molecule has 6 aromatic heterocycles. The Morgan fingerprint density at radius 1 is 0.468 bits per heavy atom. The first-order chi connectivity index (χ1) is 23.3. The van der Waals surface area contributed by atoms with E-state index in [-0.39, 0.29) is 0 Å². The number of benzene rings is 4. The molecule has 0 aliphatic rings. The van der Waals surface area contributed by atoms with Crippen LogP contribution in [0.25, 0.3) is 89.2 Å². The molecule has 47 heavy (non-hydrogen) atoms. The number of furan rings is 1. The number of fused-ring (bicyclic) bond motifs is 8. The largest absolute Gasteiger partial charge is 0.437 e. The summed E-state index contributed by atoms with van der Waals surface area (Å²) in [6.07, 6.45) is 7.13. The van der Waals surface area contributed by atoms with Crippen molar-refractivity contribution < 1.29 is 4.42 Å². The van der Waals surface area contributed by atoms with Crippen LogP contribution in [0.3, 0.4) is 0 Å². The van der Waals surface area contributed by atoms with E-state index >= 15 is 0 Å². The fraction of sp³-hybridized carbons (Fsp3) is 0. The summed E-state index contributed by atoms with van der Waals surface area (Å²) < 4.78 is 10.6. The second-order valence-corrected chi connectivity index (χ2v) is 11.4. The van der Waals surface area contributed by atoms with Gasteiger partial charge in [-0.15, -0.1) is 0 Å². The third-order valence-electron chi connectivity index (χ3n) is 8.81. The summed E-state index contributed by atoms with van der Waals surface area (Å²) in [5.41, 5.74) is 7.31. The summed E-state index contributed by atoms with van der Waals surface area (Å²) in [7, 11) is 0. The number of rotatable bonds is 4. The van der Waals surface area contributed by atoms with Crippen LogP contribution in [0.2, 0.25) is 0 Å². The number of hydrogen-bond acceptors (Lipinski definition) is 6. The van der Waals surface area contributed by atoms with Crippen molar-refractivity contribution in [1.82, 2.24) is 34.1 Å². The van der Waals surface area contributed by atoms with E-state index in [1.54, 1.807) is 18.6 Å². The molecule has 0 saturated heterocycles. The van der Waals surface area contributed by atoms with Crippen LogP contribution in [0.4, 0.5) is 0 Å². The predicted molar refractivity (Wildman–Crippen MR) is 185 cm³/mol. The van der Waals surface area contributed by atoms with E-state index in [1.807, 2.05) is 53.2 Å². The van der Waals surface area contributed by atoms with Gasteiger partial charge in [0.1, 0.15) is 0 Å². The third-order valence-corrected chi connectivity index (χ3v) is 8.81. The van der Waals surface area contributed by atoms with Gasteiger partial charge in [0.05, 0.1) is 34.3 Å². The molecule has 10 rings (SSSR count). The molecular formula is C39H23N7O. The maximum Gasteiger partial charge on any atom is 0.241 e. The van der Waals surface area contributed by atoms with E-state index in [2.05, 4.69) is 87.3 Å². The first-order valence-electron chi connectivity index (χ1n) is 15.3. The normalized spacial score (nSPS) is 11.8. The van der Waals surface area contributed by atoms with Crippen molar-refractivity contribution in [3.63, 3.8) is 0 Å². The SMILES string of the molecule is c1ccc(-c2nc(-c3ccc(-n4c5ccccc5c5ccccc54)cc3)nc(-n3c4cnccc4c4c5ccncc5oc43)n2)cc1. The standard InChI is InChI=1S/C39H23N7O/c1-2-8-24(9-3-1)36-42-37(25-14-16-26(17-15-25)45-31-12-6-4-10-27(31)28-11-5-7-13-32(28)45)44-39(43-36)46-33-22-40-20-18-29(33)35-30-19-21-41-23-34(30)47-38(35)46/h1-23H. The Kier molecular flexibility index (Phi) is 5.41. The number of hydrogen-bond donors (Lipinski definition) is 0. The minimum Gasteiger partial charge on any atom is -0.437 e. The maximum atomic E-state index is 6.41. The molecule has 0 fully saturated rings.